The Hall–Kier alpha value is -0.320. The molecule has 0 aromatic carbocycles. The molecular formula is C12H17IO4. The summed E-state index contributed by atoms with van der Waals surface area (Å²) in [7, 11) is 0. The van der Waals surface area contributed by atoms with Crippen LogP contribution in [-0.4, -0.2) is 34.5 Å². The Morgan fingerprint density at radius 3 is 2.65 bits per heavy atom. The highest BCUT2D eigenvalue weighted by atomic mass is 127. The molecule has 0 radical (unpaired) electrons. The van der Waals surface area contributed by atoms with Crippen LogP contribution in [0.3, 0.4) is 0 Å². The molecule has 5 heteroatoms. The van der Waals surface area contributed by atoms with Gasteiger partial charge in [-0.1, -0.05) is 28.5 Å². The fourth-order valence-electron chi connectivity index (χ4n) is 1.74. The van der Waals surface area contributed by atoms with Crippen molar-refractivity contribution in [3.63, 3.8) is 0 Å². The Morgan fingerprint density at radius 2 is 2.18 bits per heavy atom. The van der Waals surface area contributed by atoms with Crippen molar-refractivity contribution in [3.05, 3.63) is 0 Å². The Labute approximate surface area is 116 Å². The van der Waals surface area contributed by atoms with E-state index < -0.39 is 11.9 Å². The molecule has 96 valence electrons. The van der Waals surface area contributed by atoms with Gasteiger partial charge in [0.25, 0.3) is 0 Å². The molecule has 4 nitrogen and oxygen atoms in total. The average molecular weight is 352 g/mol. The van der Waals surface area contributed by atoms with E-state index in [1.165, 1.54) is 6.92 Å². The van der Waals surface area contributed by atoms with E-state index in [9.17, 15) is 4.79 Å². The number of carbonyl (C=O) groups excluding carboxylic acids is 1. The SMILES string of the molecule is CC#CC(OC(C)=O)[C@@H]1OC(C)(C)O[C@H]1CI. The number of carbonyl (C=O) groups is 1. The number of halogens is 1. The molecule has 1 unspecified atom stereocenters. The quantitative estimate of drug-likeness (QED) is 0.337. The summed E-state index contributed by atoms with van der Waals surface area (Å²) < 4.78 is 17.4. The van der Waals surface area contributed by atoms with Crippen LogP contribution in [0, 0.1) is 11.8 Å². The van der Waals surface area contributed by atoms with E-state index in [1.54, 1.807) is 6.92 Å². The summed E-state index contributed by atoms with van der Waals surface area (Å²) in [4.78, 5) is 11.1. The van der Waals surface area contributed by atoms with E-state index in [-0.39, 0.29) is 18.2 Å². The van der Waals surface area contributed by atoms with Gasteiger partial charge >= 0.3 is 5.97 Å². The lowest BCUT2D eigenvalue weighted by atomic mass is 10.1. The van der Waals surface area contributed by atoms with Crippen molar-refractivity contribution in [2.45, 2.75) is 51.8 Å². The van der Waals surface area contributed by atoms with Gasteiger partial charge in [-0.25, -0.2) is 0 Å². The number of ether oxygens (including phenoxy) is 3. The van der Waals surface area contributed by atoms with E-state index in [0.29, 0.717) is 0 Å². The van der Waals surface area contributed by atoms with Gasteiger partial charge < -0.3 is 14.2 Å². The number of alkyl halides is 1. The van der Waals surface area contributed by atoms with Crippen LogP contribution in [0.2, 0.25) is 0 Å². The van der Waals surface area contributed by atoms with Crippen LogP contribution >= 0.6 is 22.6 Å². The third kappa shape index (κ3) is 4.12. The first kappa shape index (κ1) is 14.7. The summed E-state index contributed by atoms with van der Waals surface area (Å²) in [5.74, 6) is 4.59. The van der Waals surface area contributed by atoms with Crippen LogP contribution < -0.4 is 0 Å². The lowest BCUT2D eigenvalue weighted by molar-refractivity contribution is -0.164. The lowest BCUT2D eigenvalue weighted by Crippen LogP contribution is -2.38. The Morgan fingerprint density at radius 1 is 1.53 bits per heavy atom. The van der Waals surface area contributed by atoms with Crippen molar-refractivity contribution >= 4 is 28.6 Å². The van der Waals surface area contributed by atoms with Gasteiger partial charge in [0.05, 0.1) is 0 Å². The molecule has 0 bridgehead atoms. The van der Waals surface area contributed by atoms with E-state index in [2.05, 4.69) is 34.4 Å². The number of esters is 1. The molecule has 1 saturated heterocycles. The van der Waals surface area contributed by atoms with Crippen LogP contribution in [0.5, 0.6) is 0 Å². The first-order chi connectivity index (χ1) is 7.89. The monoisotopic (exact) mass is 352 g/mol. The van der Waals surface area contributed by atoms with E-state index in [0.717, 1.165) is 4.43 Å². The zero-order chi connectivity index (χ0) is 13.1. The maximum Gasteiger partial charge on any atom is 0.303 e. The first-order valence-corrected chi connectivity index (χ1v) is 6.93. The van der Waals surface area contributed by atoms with Crippen molar-refractivity contribution in [1.29, 1.82) is 0 Å². The van der Waals surface area contributed by atoms with Crippen LogP contribution in [0.4, 0.5) is 0 Å². The van der Waals surface area contributed by atoms with Crippen LogP contribution in [0.15, 0.2) is 0 Å². The first-order valence-electron chi connectivity index (χ1n) is 5.40. The highest BCUT2D eigenvalue weighted by Crippen LogP contribution is 2.31. The third-order valence-corrected chi connectivity index (χ3v) is 3.12. The number of hydrogen-bond acceptors (Lipinski definition) is 4. The minimum Gasteiger partial charge on any atom is -0.446 e. The van der Waals surface area contributed by atoms with E-state index >= 15 is 0 Å². The van der Waals surface area contributed by atoms with Gasteiger partial charge in [0.15, 0.2) is 11.9 Å². The number of hydrogen-bond donors (Lipinski definition) is 0. The second kappa shape index (κ2) is 6.03. The molecule has 0 N–H and O–H groups in total. The molecule has 0 spiro atoms. The molecule has 1 rings (SSSR count). The fourth-order valence-corrected chi connectivity index (χ4v) is 2.42. The Balaban J connectivity index is 2.84. The Bertz CT molecular complexity index is 342. The van der Waals surface area contributed by atoms with E-state index in [4.69, 9.17) is 14.2 Å². The van der Waals surface area contributed by atoms with Crippen LogP contribution in [-0.2, 0) is 19.0 Å². The zero-order valence-electron chi connectivity index (χ0n) is 10.5. The number of rotatable bonds is 3. The van der Waals surface area contributed by atoms with Crippen LogP contribution in [0.25, 0.3) is 0 Å². The molecule has 0 amide bonds. The third-order valence-electron chi connectivity index (χ3n) is 2.25. The summed E-state index contributed by atoms with van der Waals surface area (Å²) in [5, 5.41) is 0. The molecule has 0 aromatic rings. The topological polar surface area (TPSA) is 44.8 Å². The van der Waals surface area contributed by atoms with Crippen LogP contribution in [0.1, 0.15) is 27.7 Å². The zero-order valence-corrected chi connectivity index (χ0v) is 12.6. The summed E-state index contributed by atoms with van der Waals surface area (Å²) in [6, 6.07) is 0. The summed E-state index contributed by atoms with van der Waals surface area (Å²) >= 11 is 2.22. The maximum absolute atomic E-state index is 11.1. The van der Waals surface area contributed by atoms with Gasteiger partial charge in [0.2, 0.25) is 0 Å². The van der Waals surface area contributed by atoms with Gasteiger partial charge in [-0.05, 0) is 20.8 Å². The fraction of sp³-hybridized carbons (Fsp3) is 0.750. The standard InChI is InChI=1S/C12H17IO4/c1-5-6-9(15-8(2)14)11-10(7-13)16-12(3,4)17-11/h9-11H,7H2,1-4H3/t9?,10-,11-/m0/s1. The molecule has 17 heavy (non-hydrogen) atoms. The summed E-state index contributed by atoms with van der Waals surface area (Å²) in [6.07, 6.45) is -1.02. The van der Waals surface area contributed by atoms with Crippen molar-refractivity contribution < 1.29 is 19.0 Å². The predicted molar refractivity (Wildman–Crippen MR) is 71.7 cm³/mol. The molecule has 0 aromatic heterocycles. The van der Waals surface area contributed by atoms with Gasteiger partial charge in [-0.15, -0.1) is 5.92 Å². The minimum absolute atomic E-state index is 0.115. The lowest BCUT2D eigenvalue weighted by Gasteiger charge is -2.21. The second-order valence-corrected chi connectivity index (χ2v) is 5.10. The molecule has 3 atom stereocenters. The van der Waals surface area contributed by atoms with Gasteiger partial charge in [-0.2, -0.15) is 0 Å². The van der Waals surface area contributed by atoms with Crippen molar-refractivity contribution in [2.24, 2.45) is 0 Å². The van der Waals surface area contributed by atoms with Gasteiger partial charge in [0, 0.05) is 11.4 Å². The summed E-state index contributed by atoms with van der Waals surface area (Å²) in [6.45, 7) is 6.76. The molecule has 1 heterocycles. The molecule has 1 fully saturated rings. The maximum atomic E-state index is 11.1. The molecule has 0 aliphatic carbocycles. The van der Waals surface area contributed by atoms with Crippen molar-refractivity contribution in [2.75, 3.05) is 4.43 Å². The van der Waals surface area contributed by atoms with E-state index in [1.807, 2.05) is 13.8 Å². The largest absolute Gasteiger partial charge is 0.446 e. The highest BCUT2D eigenvalue weighted by Gasteiger charge is 2.45. The summed E-state index contributed by atoms with van der Waals surface area (Å²) in [5.41, 5.74) is 0. The predicted octanol–water partition coefficient (Wildman–Crippen LogP) is 1.90. The average Bonchev–Trinajstić information content (AvgIpc) is 2.52. The molecular weight excluding hydrogens is 335 g/mol. The van der Waals surface area contributed by atoms with Gasteiger partial charge in [0.1, 0.15) is 12.2 Å². The van der Waals surface area contributed by atoms with Crippen molar-refractivity contribution in [1.82, 2.24) is 0 Å². The van der Waals surface area contributed by atoms with Crippen molar-refractivity contribution in [3.8, 4) is 11.8 Å². The molecule has 0 saturated carbocycles. The van der Waals surface area contributed by atoms with Gasteiger partial charge in [-0.3, -0.25) is 4.79 Å². The highest BCUT2D eigenvalue weighted by molar-refractivity contribution is 14.1. The molecule has 1 aliphatic rings. The smallest absolute Gasteiger partial charge is 0.303 e. The minimum atomic E-state index is -0.658. The second-order valence-electron chi connectivity index (χ2n) is 4.22. The normalized spacial score (nSPS) is 28.1. The Kier molecular flexibility index (Phi) is 5.22. The molecule has 1 aliphatic heterocycles.